The molecule has 0 saturated carbocycles. The van der Waals surface area contributed by atoms with Crippen molar-refractivity contribution in [2.24, 2.45) is 0 Å². The highest BCUT2D eigenvalue weighted by Crippen LogP contribution is 2.28. The number of rotatable bonds is 10. The van der Waals surface area contributed by atoms with E-state index in [9.17, 15) is 18.0 Å². The summed E-state index contributed by atoms with van der Waals surface area (Å²) in [6.45, 7) is 2.92. The molecule has 0 aliphatic rings. The lowest BCUT2D eigenvalue weighted by Crippen LogP contribution is -2.50. The molecule has 0 aliphatic heterocycles. The number of halogens is 1. The minimum atomic E-state index is -4.14. The van der Waals surface area contributed by atoms with Crippen molar-refractivity contribution in [2.45, 2.75) is 31.3 Å². The van der Waals surface area contributed by atoms with Crippen LogP contribution in [0, 0.1) is 6.92 Å². The van der Waals surface area contributed by atoms with Gasteiger partial charge < -0.3 is 15.0 Å². The fourth-order valence-corrected chi connectivity index (χ4v) is 5.35. The topological polar surface area (TPSA) is 96.0 Å². The minimum absolute atomic E-state index is 0.0261. The summed E-state index contributed by atoms with van der Waals surface area (Å²) in [6.07, 6.45) is 0. The van der Waals surface area contributed by atoms with E-state index < -0.39 is 28.5 Å². The second kappa shape index (κ2) is 12.1. The lowest BCUT2D eigenvalue weighted by molar-refractivity contribution is -0.139. The molecule has 3 aromatic carbocycles. The Morgan fingerprint density at radius 3 is 2.35 bits per heavy atom. The van der Waals surface area contributed by atoms with Crippen LogP contribution in [-0.2, 0) is 26.2 Å². The highest BCUT2D eigenvalue weighted by Gasteiger charge is 2.32. The summed E-state index contributed by atoms with van der Waals surface area (Å²) in [7, 11) is -1.13. The van der Waals surface area contributed by atoms with Crippen molar-refractivity contribution in [1.29, 1.82) is 0 Å². The Balaban J connectivity index is 2.05. The van der Waals surface area contributed by atoms with Gasteiger partial charge in [0.05, 0.1) is 17.7 Å². The van der Waals surface area contributed by atoms with Crippen LogP contribution in [0.4, 0.5) is 5.69 Å². The number of likely N-dealkylation sites (N-methyl/N-ethyl adjacent to an activating group) is 1. The van der Waals surface area contributed by atoms with Gasteiger partial charge in [0.2, 0.25) is 11.8 Å². The van der Waals surface area contributed by atoms with Crippen LogP contribution in [0.5, 0.6) is 5.75 Å². The molecule has 8 nitrogen and oxygen atoms in total. The van der Waals surface area contributed by atoms with Crippen molar-refractivity contribution in [3.8, 4) is 5.75 Å². The van der Waals surface area contributed by atoms with Gasteiger partial charge in [0.25, 0.3) is 10.0 Å². The number of aryl methyl sites for hydroxylation is 1. The molecule has 10 heteroatoms. The number of amides is 2. The molecule has 37 heavy (non-hydrogen) atoms. The van der Waals surface area contributed by atoms with Gasteiger partial charge in [-0.3, -0.25) is 13.9 Å². The maximum atomic E-state index is 13.8. The van der Waals surface area contributed by atoms with E-state index in [0.717, 1.165) is 15.4 Å². The second-order valence-electron chi connectivity index (χ2n) is 8.42. The van der Waals surface area contributed by atoms with Gasteiger partial charge in [0.15, 0.2) is 0 Å². The van der Waals surface area contributed by atoms with E-state index in [1.807, 2.05) is 0 Å². The molecule has 3 rings (SSSR count). The normalized spacial score (nSPS) is 11.9. The number of nitrogens with one attached hydrogen (secondary N) is 1. The molecular weight excluding hydrogens is 514 g/mol. The van der Waals surface area contributed by atoms with E-state index in [-0.39, 0.29) is 23.0 Å². The molecular formula is C27H30ClN3O5S. The molecule has 0 saturated heterocycles. The van der Waals surface area contributed by atoms with Crippen molar-refractivity contribution in [3.05, 3.63) is 88.9 Å². The largest absolute Gasteiger partial charge is 0.497 e. The van der Waals surface area contributed by atoms with Crippen LogP contribution in [0.1, 0.15) is 18.1 Å². The summed E-state index contributed by atoms with van der Waals surface area (Å²) in [5.41, 5.74) is 1.72. The van der Waals surface area contributed by atoms with E-state index >= 15 is 0 Å². The highest BCUT2D eigenvalue weighted by atomic mass is 35.5. The summed E-state index contributed by atoms with van der Waals surface area (Å²) < 4.78 is 33.7. The van der Waals surface area contributed by atoms with E-state index in [4.69, 9.17) is 16.3 Å². The van der Waals surface area contributed by atoms with E-state index in [1.165, 1.54) is 37.3 Å². The maximum Gasteiger partial charge on any atom is 0.264 e. The molecule has 0 fully saturated rings. The number of hydrogen-bond acceptors (Lipinski definition) is 5. The first kappa shape index (κ1) is 28.0. The van der Waals surface area contributed by atoms with Gasteiger partial charge in [-0.1, -0.05) is 48.0 Å². The smallest absolute Gasteiger partial charge is 0.264 e. The number of methoxy groups -OCH3 is 1. The summed E-state index contributed by atoms with van der Waals surface area (Å²) in [5, 5.41) is 2.92. The molecule has 1 N–H and O–H groups in total. The Morgan fingerprint density at radius 1 is 1.03 bits per heavy atom. The van der Waals surface area contributed by atoms with Gasteiger partial charge in [-0.15, -0.1) is 0 Å². The van der Waals surface area contributed by atoms with Crippen molar-refractivity contribution in [2.75, 3.05) is 25.0 Å². The third-order valence-corrected chi connectivity index (χ3v) is 8.15. The average Bonchev–Trinajstić information content (AvgIpc) is 2.91. The molecule has 0 radical (unpaired) electrons. The van der Waals surface area contributed by atoms with Crippen LogP contribution in [0.25, 0.3) is 0 Å². The van der Waals surface area contributed by atoms with Crippen molar-refractivity contribution < 1.29 is 22.7 Å². The van der Waals surface area contributed by atoms with Crippen LogP contribution in [0.2, 0.25) is 5.02 Å². The Kier molecular flexibility index (Phi) is 9.18. The van der Waals surface area contributed by atoms with Crippen LogP contribution in [-0.4, -0.2) is 51.9 Å². The summed E-state index contributed by atoms with van der Waals surface area (Å²) in [4.78, 5) is 27.7. The quantitative estimate of drug-likeness (QED) is 0.417. The number of carbonyl (C=O) groups is 2. The van der Waals surface area contributed by atoms with Gasteiger partial charge >= 0.3 is 0 Å². The third kappa shape index (κ3) is 6.61. The Morgan fingerprint density at radius 2 is 1.73 bits per heavy atom. The Labute approximate surface area is 222 Å². The maximum absolute atomic E-state index is 13.8. The molecule has 0 aromatic heterocycles. The number of nitrogens with zero attached hydrogens (tertiary/aromatic N) is 2. The molecule has 1 atom stereocenters. The first-order chi connectivity index (χ1) is 17.6. The molecule has 0 heterocycles. The van der Waals surface area contributed by atoms with Gasteiger partial charge in [-0.25, -0.2) is 8.42 Å². The lowest BCUT2D eigenvalue weighted by atomic mass is 10.1. The number of ether oxygens (including phenoxy) is 1. The van der Waals surface area contributed by atoms with Crippen molar-refractivity contribution >= 4 is 39.1 Å². The fourth-order valence-electron chi connectivity index (χ4n) is 3.74. The van der Waals surface area contributed by atoms with Crippen LogP contribution >= 0.6 is 11.6 Å². The number of benzene rings is 3. The zero-order valence-corrected chi connectivity index (χ0v) is 22.7. The molecule has 0 unspecified atom stereocenters. The molecule has 196 valence electrons. The number of carbonyl (C=O) groups excluding carboxylic acids is 2. The van der Waals surface area contributed by atoms with Gasteiger partial charge in [-0.05, 0) is 61.4 Å². The number of hydrogen-bond donors (Lipinski definition) is 1. The zero-order chi connectivity index (χ0) is 27.2. The van der Waals surface area contributed by atoms with Crippen molar-refractivity contribution in [1.82, 2.24) is 10.2 Å². The van der Waals surface area contributed by atoms with E-state index in [0.29, 0.717) is 10.8 Å². The standard InChI is InChI=1S/C27H30ClN3O5S/c1-19-13-14-22(16-25(19)28)31(37(34,35)24-11-6-5-7-12-24)18-26(32)30(20(2)27(33)29-3)17-21-9-8-10-23(15-21)36-4/h5-16,20H,17-18H2,1-4H3,(H,29,33)/t20-/m0/s1. The second-order valence-corrected chi connectivity index (χ2v) is 10.7. The SMILES string of the molecule is CNC(=O)[C@H](C)N(Cc1cccc(OC)c1)C(=O)CN(c1ccc(C)c(Cl)c1)S(=O)(=O)c1ccccc1. The Hall–Kier alpha value is -3.56. The van der Waals surface area contributed by atoms with Gasteiger partial charge in [0.1, 0.15) is 18.3 Å². The minimum Gasteiger partial charge on any atom is -0.497 e. The summed E-state index contributed by atoms with van der Waals surface area (Å²) in [5.74, 6) is -0.345. The molecule has 0 spiro atoms. The zero-order valence-electron chi connectivity index (χ0n) is 21.1. The van der Waals surface area contributed by atoms with Crippen LogP contribution in [0.15, 0.2) is 77.7 Å². The number of anilines is 1. The van der Waals surface area contributed by atoms with Crippen LogP contribution < -0.4 is 14.4 Å². The molecule has 2 amide bonds. The van der Waals surface area contributed by atoms with Gasteiger partial charge in [-0.2, -0.15) is 0 Å². The van der Waals surface area contributed by atoms with E-state index in [1.54, 1.807) is 68.4 Å². The molecule has 0 bridgehead atoms. The average molecular weight is 544 g/mol. The molecule has 3 aromatic rings. The first-order valence-electron chi connectivity index (χ1n) is 11.6. The third-order valence-electron chi connectivity index (χ3n) is 5.95. The lowest BCUT2D eigenvalue weighted by Gasteiger charge is -2.32. The van der Waals surface area contributed by atoms with E-state index in [2.05, 4.69) is 5.32 Å². The predicted octanol–water partition coefficient (Wildman–Crippen LogP) is 4.02. The predicted molar refractivity (Wildman–Crippen MR) is 144 cm³/mol. The number of sulfonamides is 1. The summed E-state index contributed by atoms with van der Waals surface area (Å²) in [6, 6.07) is 18.9. The highest BCUT2D eigenvalue weighted by molar-refractivity contribution is 7.92. The molecule has 0 aliphatic carbocycles. The summed E-state index contributed by atoms with van der Waals surface area (Å²) >= 11 is 6.32. The fraction of sp³-hybridized carbons (Fsp3) is 0.259. The van der Waals surface area contributed by atoms with Crippen molar-refractivity contribution in [3.63, 3.8) is 0 Å². The first-order valence-corrected chi connectivity index (χ1v) is 13.4. The van der Waals surface area contributed by atoms with Gasteiger partial charge in [0, 0.05) is 18.6 Å². The monoisotopic (exact) mass is 543 g/mol. The van der Waals surface area contributed by atoms with Crippen LogP contribution in [0.3, 0.4) is 0 Å². The Bertz CT molecular complexity index is 1370.